The molecule has 0 aliphatic carbocycles. The van der Waals surface area contributed by atoms with Crippen LogP contribution in [0.2, 0.25) is 0 Å². The van der Waals surface area contributed by atoms with Gasteiger partial charge in [-0.05, 0) is 18.2 Å². The van der Waals surface area contributed by atoms with Crippen LogP contribution < -0.4 is 0 Å². The first-order valence-electron chi connectivity index (χ1n) is 6.71. The SMILES string of the molecule is O=C(c1cccc(C(F)(F)F)n1)c1c[nH]c2c(C(=O)O)cccc12. The Balaban J connectivity index is 2.10. The van der Waals surface area contributed by atoms with Gasteiger partial charge in [-0.2, -0.15) is 13.2 Å². The number of carboxylic acids is 1. The smallest absolute Gasteiger partial charge is 0.433 e. The summed E-state index contributed by atoms with van der Waals surface area (Å²) in [4.78, 5) is 29.7. The zero-order valence-electron chi connectivity index (χ0n) is 11.9. The van der Waals surface area contributed by atoms with Gasteiger partial charge in [0.2, 0.25) is 5.78 Å². The Morgan fingerprint density at radius 3 is 2.42 bits per heavy atom. The van der Waals surface area contributed by atoms with E-state index in [1.165, 1.54) is 30.5 Å². The second-order valence-electron chi connectivity index (χ2n) is 4.97. The molecular formula is C16H9F3N2O3. The van der Waals surface area contributed by atoms with Crippen molar-refractivity contribution in [1.29, 1.82) is 0 Å². The summed E-state index contributed by atoms with van der Waals surface area (Å²) < 4.78 is 38.2. The highest BCUT2D eigenvalue weighted by atomic mass is 19.4. The fraction of sp³-hybridized carbons (Fsp3) is 0.0625. The van der Waals surface area contributed by atoms with E-state index in [1.807, 2.05) is 0 Å². The summed E-state index contributed by atoms with van der Waals surface area (Å²) in [5, 5.41) is 9.44. The van der Waals surface area contributed by atoms with E-state index >= 15 is 0 Å². The summed E-state index contributed by atoms with van der Waals surface area (Å²) in [6.07, 6.45) is -3.39. The van der Waals surface area contributed by atoms with Crippen LogP contribution in [-0.4, -0.2) is 26.8 Å². The highest BCUT2D eigenvalue weighted by molar-refractivity contribution is 6.17. The number of nitrogens with zero attached hydrogens (tertiary/aromatic N) is 1. The number of hydrogen-bond donors (Lipinski definition) is 2. The number of rotatable bonds is 3. The van der Waals surface area contributed by atoms with Crippen LogP contribution in [0.15, 0.2) is 42.6 Å². The molecule has 0 bridgehead atoms. The van der Waals surface area contributed by atoms with Crippen LogP contribution in [0.25, 0.3) is 10.9 Å². The number of aromatic amines is 1. The number of H-pyrrole nitrogens is 1. The number of hydrogen-bond acceptors (Lipinski definition) is 3. The summed E-state index contributed by atoms with van der Waals surface area (Å²) >= 11 is 0. The number of fused-ring (bicyclic) bond motifs is 1. The number of carbonyl (C=O) groups excluding carboxylic acids is 1. The zero-order valence-corrected chi connectivity index (χ0v) is 11.9. The number of carbonyl (C=O) groups is 2. The largest absolute Gasteiger partial charge is 0.478 e. The lowest BCUT2D eigenvalue weighted by Gasteiger charge is -2.07. The molecule has 0 spiro atoms. The number of para-hydroxylation sites is 1. The lowest BCUT2D eigenvalue weighted by molar-refractivity contribution is -0.141. The molecule has 2 aromatic heterocycles. The predicted molar refractivity (Wildman–Crippen MR) is 77.9 cm³/mol. The van der Waals surface area contributed by atoms with Crippen LogP contribution in [-0.2, 0) is 6.18 Å². The van der Waals surface area contributed by atoms with Crippen LogP contribution in [0.5, 0.6) is 0 Å². The van der Waals surface area contributed by atoms with Crippen LogP contribution in [0, 0.1) is 0 Å². The Morgan fingerprint density at radius 2 is 1.75 bits per heavy atom. The molecule has 1 aromatic carbocycles. The zero-order chi connectivity index (χ0) is 17.5. The second kappa shape index (κ2) is 5.48. The van der Waals surface area contributed by atoms with Gasteiger partial charge in [-0.25, -0.2) is 9.78 Å². The molecule has 2 N–H and O–H groups in total. The molecule has 0 fully saturated rings. The number of nitrogens with one attached hydrogen (secondary N) is 1. The molecule has 5 nitrogen and oxygen atoms in total. The molecule has 3 rings (SSSR count). The van der Waals surface area contributed by atoms with E-state index in [4.69, 9.17) is 5.11 Å². The average Bonchev–Trinajstić information content (AvgIpc) is 2.97. The molecule has 0 saturated carbocycles. The van der Waals surface area contributed by atoms with Crippen molar-refractivity contribution in [3.05, 3.63) is 65.1 Å². The Kier molecular flexibility index (Phi) is 3.59. The van der Waals surface area contributed by atoms with Gasteiger partial charge >= 0.3 is 12.1 Å². The first-order valence-corrected chi connectivity index (χ1v) is 6.71. The van der Waals surface area contributed by atoms with E-state index in [0.717, 1.165) is 12.1 Å². The highest BCUT2D eigenvalue weighted by Crippen LogP contribution is 2.28. The molecule has 0 aliphatic heterocycles. The van der Waals surface area contributed by atoms with Crippen molar-refractivity contribution in [2.45, 2.75) is 6.18 Å². The Hall–Kier alpha value is -3.16. The van der Waals surface area contributed by atoms with Crippen molar-refractivity contribution in [3.63, 3.8) is 0 Å². The van der Waals surface area contributed by atoms with E-state index in [9.17, 15) is 22.8 Å². The molecule has 8 heteroatoms. The molecule has 2 heterocycles. The molecule has 0 unspecified atom stereocenters. The van der Waals surface area contributed by atoms with E-state index < -0.39 is 23.6 Å². The maximum atomic E-state index is 12.7. The molecule has 122 valence electrons. The summed E-state index contributed by atoms with van der Waals surface area (Å²) in [6.45, 7) is 0. The first-order chi connectivity index (χ1) is 11.3. The molecule has 0 radical (unpaired) electrons. The van der Waals surface area contributed by atoms with Crippen molar-refractivity contribution in [2.75, 3.05) is 0 Å². The summed E-state index contributed by atoms with van der Waals surface area (Å²) in [5.41, 5.74) is -1.30. The normalized spacial score (nSPS) is 11.6. The highest BCUT2D eigenvalue weighted by Gasteiger charge is 2.33. The topological polar surface area (TPSA) is 83.0 Å². The van der Waals surface area contributed by atoms with E-state index in [0.29, 0.717) is 5.39 Å². The summed E-state index contributed by atoms with van der Waals surface area (Å²) in [7, 11) is 0. The molecule has 0 aliphatic rings. The number of aromatic carboxylic acids is 1. The quantitative estimate of drug-likeness (QED) is 0.718. The number of aromatic nitrogens is 2. The molecule has 0 amide bonds. The number of benzene rings is 1. The van der Waals surface area contributed by atoms with Crippen molar-refractivity contribution in [2.24, 2.45) is 0 Å². The molecule has 0 atom stereocenters. The third-order valence-corrected chi connectivity index (χ3v) is 3.46. The maximum absolute atomic E-state index is 12.7. The summed E-state index contributed by atoms with van der Waals surface area (Å²) in [6, 6.07) is 7.37. The number of halogens is 3. The van der Waals surface area contributed by atoms with Crippen molar-refractivity contribution in [1.82, 2.24) is 9.97 Å². The van der Waals surface area contributed by atoms with Crippen LogP contribution in [0.1, 0.15) is 32.1 Å². The monoisotopic (exact) mass is 334 g/mol. The number of pyridine rings is 1. The van der Waals surface area contributed by atoms with Gasteiger partial charge in [0, 0.05) is 17.1 Å². The molecular weight excluding hydrogens is 325 g/mol. The minimum atomic E-state index is -4.66. The molecule has 0 saturated heterocycles. The van der Waals surface area contributed by atoms with Crippen LogP contribution in [0.3, 0.4) is 0 Å². The maximum Gasteiger partial charge on any atom is 0.433 e. The van der Waals surface area contributed by atoms with Gasteiger partial charge in [0.05, 0.1) is 11.1 Å². The first kappa shape index (κ1) is 15.7. The lowest BCUT2D eigenvalue weighted by atomic mass is 10.0. The van der Waals surface area contributed by atoms with Gasteiger partial charge in [0.25, 0.3) is 0 Å². The van der Waals surface area contributed by atoms with Crippen LogP contribution >= 0.6 is 0 Å². The van der Waals surface area contributed by atoms with E-state index in [1.54, 1.807) is 0 Å². The van der Waals surface area contributed by atoms with Crippen molar-refractivity contribution < 1.29 is 27.9 Å². The van der Waals surface area contributed by atoms with Gasteiger partial charge in [0.1, 0.15) is 11.4 Å². The van der Waals surface area contributed by atoms with Crippen LogP contribution in [0.4, 0.5) is 13.2 Å². The standard InChI is InChI=1S/C16H9F3N2O3/c17-16(18,19)12-6-2-5-11(21-12)14(22)10-7-20-13-8(10)3-1-4-9(13)15(23)24/h1-7,20H,(H,23,24). The molecule has 24 heavy (non-hydrogen) atoms. The molecule has 3 aromatic rings. The number of ketones is 1. The predicted octanol–water partition coefficient (Wildman–Crippen LogP) is 3.51. The fourth-order valence-corrected chi connectivity index (χ4v) is 2.38. The lowest BCUT2D eigenvalue weighted by Crippen LogP contribution is -2.12. The van der Waals surface area contributed by atoms with Gasteiger partial charge in [-0.15, -0.1) is 0 Å². The summed E-state index contributed by atoms with van der Waals surface area (Å²) in [5.74, 6) is -1.91. The van der Waals surface area contributed by atoms with Crippen molar-refractivity contribution in [3.8, 4) is 0 Å². The van der Waals surface area contributed by atoms with Gasteiger partial charge in [-0.1, -0.05) is 18.2 Å². The van der Waals surface area contributed by atoms with Gasteiger partial charge in [0.15, 0.2) is 0 Å². The van der Waals surface area contributed by atoms with E-state index in [-0.39, 0.29) is 22.3 Å². The number of carboxylic acid groups (broad SMARTS) is 1. The second-order valence-corrected chi connectivity index (χ2v) is 4.97. The van der Waals surface area contributed by atoms with Gasteiger partial charge in [-0.3, -0.25) is 4.79 Å². The average molecular weight is 334 g/mol. The Morgan fingerprint density at radius 1 is 1.04 bits per heavy atom. The minimum absolute atomic E-state index is 0.0384. The third-order valence-electron chi connectivity index (χ3n) is 3.46. The van der Waals surface area contributed by atoms with Gasteiger partial charge < -0.3 is 10.1 Å². The number of alkyl halides is 3. The Bertz CT molecular complexity index is 961. The minimum Gasteiger partial charge on any atom is -0.478 e. The third kappa shape index (κ3) is 2.62. The van der Waals surface area contributed by atoms with E-state index in [2.05, 4.69) is 9.97 Å². The van der Waals surface area contributed by atoms with Crippen molar-refractivity contribution >= 4 is 22.7 Å². The Labute approximate surface area is 132 Å². The fourth-order valence-electron chi connectivity index (χ4n) is 2.38.